The first-order valence-electron chi connectivity index (χ1n) is 7.17. The Bertz CT molecular complexity index is 593. The van der Waals surface area contributed by atoms with Crippen molar-refractivity contribution >= 4 is 36.2 Å². The van der Waals surface area contributed by atoms with Gasteiger partial charge in [0, 0.05) is 0 Å². The Morgan fingerprint density at radius 3 is 1.57 bits per heavy atom. The zero-order valence-corrected chi connectivity index (χ0v) is 16.0. The van der Waals surface area contributed by atoms with Gasteiger partial charge in [-0.3, -0.25) is 0 Å². The molecule has 0 aromatic heterocycles. The molecule has 0 saturated carbocycles. The van der Waals surface area contributed by atoms with Crippen LogP contribution in [0.1, 0.15) is 11.1 Å². The van der Waals surface area contributed by atoms with Crippen molar-refractivity contribution in [3.05, 3.63) is 87.1 Å². The molecule has 0 aliphatic rings. The van der Waals surface area contributed by atoms with Crippen LogP contribution in [0.4, 0.5) is 0 Å². The van der Waals surface area contributed by atoms with Gasteiger partial charge in [0.05, 0.1) is 8.07 Å². The average molecular weight is 404 g/mol. The van der Waals surface area contributed by atoms with Crippen LogP contribution in [-0.4, -0.2) is 8.07 Å². The van der Waals surface area contributed by atoms with E-state index in [1.165, 1.54) is 19.9 Å². The van der Waals surface area contributed by atoms with E-state index in [0.29, 0.717) is 0 Å². The number of halogens is 1. The second kappa shape index (κ2) is 7.23. The SMILES string of the molecule is C[Si](C)(C)/C(I)=C\C=C(c1ccccc1)c1ccccc1. The summed E-state index contributed by atoms with van der Waals surface area (Å²) >= 11 is 2.50. The van der Waals surface area contributed by atoms with Crippen LogP contribution in [0.15, 0.2) is 76.0 Å². The lowest BCUT2D eigenvalue weighted by Gasteiger charge is -2.15. The molecular formula is C19H21ISi. The van der Waals surface area contributed by atoms with E-state index in [1.54, 1.807) is 0 Å². The molecule has 0 nitrogen and oxygen atoms in total. The summed E-state index contributed by atoms with van der Waals surface area (Å²) in [5, 5.41) is 0. The van der Waals surface area contributed by atoms with Crippen molar-refractivity contribution < 1.29 is 0 Å². The Morgan fingerprint density at radius 1 is 0.762 bits per heavy atom. The van der Waals surface area contributed by atoms with E-state index < -0.39 is 8.07 Å². The van der Waals surface area contributed by atoms with Crippen LogP contribution >= 0.6 is 22.6 Å². The molecule has 21 heavy (non-hydrogen) atoms. The smallest absolute Gasteiger partial charge is 0.0652 e. The molecule has 2 rings (SSSR count). The molecule has 0 amide bonds. The second-order valence-corrected chi connectivity index (χ2v) is 13.3. The lowest BCUT2D eigenvalue weighted by molar-refractivity contribution is 1.54. The number of allylic oxidation sites excluding steroid dienone is 2. The van der Waals surface area contributed by atoms with Crippen LogP contribution < -0.4 is 0 Å². The molecule has 108 valence electrons. The molecule has 0 N–H and O–H groups in total. The quantitative estimate of drug-likeness (QED) is 0.318. The van der Waals surface area contributed by atoms with Gasteiger partial charge in [0.15, 0.2) is 0 Å². The van der Waals surface area contributed by atoms with Crippen molar-refractivity contribution in [2.45, 2.75) is 19.6 Å². The van der Waals surface area contributed by atoms with E-state index >= 15 is 0 Å². The zero-order valence-electron chi connectivity index (χ0n) is 12.8. The molecule has 0 atom stereocenters. The maximum absolute atomic E-state index is 2.50. The first-order chi connectivity index (χ1) is 9.98. The summed E-state index contributed by atoms with van der Waals surface area (Å²) in [6, 6.07) is 21.2. The predicted molar refractivity (Wildman–Crippen MR) is 105 cm³/mol. The topological polar surface area (TPSA) is 0 Å². The lowest BCUT2D eigenvalue weighted by Crippen LogP contribution is -2.19. The number of hydrogen-bond acceptors (Lipinski definition) is 0. The summed E-state index contributed by atoms with van der Waals surface area (Å²) in [5.74, 6) is 0. The third kappa shape index (κ3) is 4.68. The summed E-state index contributed by atoms with van der Waals surface area (Å²) in [7, 11) is -1.23. The molecule has 0 radical (unpaired) electrons. The summed E-state index contributed by atoms with van der Waals surface area (Å²) in [5.41, 5.74) is 3.81. The van der Waals surface area contributed by atoms with Gasteiger partial charge in [-0.2, -0.15) is 0 Å². The van der Waals surface area contributed by atoms with E-state index in [0.717, 1.165) is 0 Å². The van der Waals surface area contributed by atoms with Gasteiger partial charge < -0.3 is 0 Å². The van der Waals surface area contributed by atoms with E-state index in [9.17, 15) is 0 Å². The molecule has 0 saturated heterocycles. The fourth-order valence-electron chi connectivity index (χ4n) is 2.00. The molecule has 0 unspecified atom stereocenters. The Kier molecular flexibility index (Phi) is 5.59. The first kappa shape index (κ1) is 16.2. The standard InChI is InChI=1S/C19H21ISi/c1-21(2,3)19(20)15-14-18(16-10-6-4-7-11-16)17-12-8-5-9-13-17/h4-15H,1-3H3/b19-15-. The van der Waals surface area contributed by atoms with E-state index in [2.05, 4.69) is 115 Å². The monoisotopic (exact) mass is 404 g/mol. The van der Waals surface area contributed by atoms with Crippen LogP contribution in [0.25, 0.3) is 5.57 Å². The van der Waals surface area contributed by atoms with Crippen LogP contribution in [0.5, 0.6) is 0 Å². The third-order valence-corrected chi connectivity index (χ3v) is 10.1. The molecule has 2 heteroatoms. The van der Waals surface area contributed by atoms with E-state index in [4.69, 9.17) is 0 Å². The Morgan fingerprint density at radius 2 is 1.19 bits per heavy atom. The van der Waals surface area contributed by atoms with Crippen LogP contribution in [0.2, 0.25) is 19.6 Å². The van der Waals surface area contributed by atoms with Gasteiger partial charge in [-0.1, -0.05) is 115 Å². The van der Waals surface area contributed by atoms with Gasteiger partial charge in [-0.15, -0.1) is 0 Å². The minimum Gasteiger partial charge on any atom is -0.0652 e. The van der Waals surface area contributed by atoms with Gasteiger partial charge in [-0.05, 0) is 19.9 Å². The molecule has 0 fully saturated rings. The van der Waals surface area contributed by atoms with Crippen molar-refractivity contribution in [2.24, 2.45) is 0 Å². The maximum Gasteiger partial charge on any atom is 0.0854 e. The van der Waals surface area contributed by atoms with Crippen molar-refractivity contribution in [1.29, 1.82) is 0 Å². The lowest BCUT2D eigenvalue weighted by atomic mass is 9.98. The van der Waals surface area contributed by atoms with Gasteiger partial charge >= 0.3 is 0 Å². The van der Waals surface area contributed by atoms with E-state index in [1.807, 2.05) is 0 Å². The molecule has 2 aromatic rings. The van der Waals surface area contributed by atoms with Gasteiger partial charge in [-0.25, -0.2) is 0 Å². The fraction of sp³-hybridized carbons (Fsp3) is 0.158. The zero-order chi connectivity index (χ0) is 15.3. The second-order valence-electron chi connectivity index (χ2n) is 6.08. The average Bonchev–Trinajstić information content (AvgIpc) is 2.48. The van der Waals surface area contributed by atoms with Crippen molar-refractivity contribution in [2.75, 3.05) is 0 Å². The highest BCUT2D eigenvalue weighted by Crippen LogP contribution is 2.26. The van der Waals surface area contributed by atoms with E-state index in [-0.39, 0.29) is 0 Å². The Hall–Kier alpha value is -1.13. The molecule has 0 heterocycles. The van der Waals surface area contributed by atoms with Crippen molar-refractivity contribution in [3.63, 3.8) is 0 Å². The normalized spacial score (nSPS) is 12.1. The minimum atomic E-state index is -1.23. The highest BCUT2D eigenvalue weighted by Gasteiger charge is 2.16. The number of rotatable bonds is 4. The molecule has 0 spiro atoms. The molecule has 0 aliphatic carbocycles. The predicted octanol–water partition coefficient (Wildman–Crippen LogP) is 6.31. The summed E-state index contributed by atoms with van der Waals surface area (Å²) < 4.78 is 1.49. The minimum absolute atomic E-state index is 1.23. The summed E-state index contributed by atoms with van der Waals surface area (Å²) in [6.45, 7) is 7.14. The summed E-state index contributed by atoms with van der Waals surface area (Å²) in [6.07, 6.45) is 4.56. The van der Waals surface area contributed by atoms with Crippen LogP contribution in [-0.2, 0) is 0 Å². The van der Waals surface area contributed by atoms with Gasteiger partial charge in [0.2, 0.25) is 0 Å². The number of benzene rings is 2. The van der Waals surface area contributed by atoms with Crippen LogP contribution in [0, 0.1) is 0 Å². The molecule has 0 aliphatic heterocycles. The number of hydrogen-bond donors (Lipinski definition) is 0. The highest BCUT2D eigenvalue weighted by atomic mass is 127. The summed E-state index contributed by atoms with van der Waals surface area (Å²) in [4.78, 5) is 0. The molecule has 2 aromatic carbocycles. The van der Waals surface area contributed by atoms with Gasteiger partial charge in [0.25, 0.3) is 0 Å². The Labute approximate surface area is 142 Å². The van der Waals surface area contributed by atoms with Gasteiger partial charge in [0.1, 0.15) is 0 Å². The molecular weight excluding hydrogens is 383 g/mol. The largest absolute Gasteiger partial charge is 0.0854 e. The third-order valence-electron chi connectivity index (χ3n) is 3.28. The van der Waals surface area contributed by atoms with Crippen molar-refractivity contribution in [1.82, 2.24) is 0 Å². The highest BCUT2D eigenvalue weighted by molar-refractivity contribution is 14.1. The first-order valence-corrected chi connectivity index (χ1v) is 11.7. The maximum atomic E-state index is 2.50. The molecule has 0 bridgehead atoms. The Balaban J connectivity index is 2.48. The van der Waals surface area contributed by atoms with Crippen LogP contribution in [0.3, 0.4) is 0 Å². The fourth-order valence-corrected chi connectivity index (χ4v) is 2.76. The van der Waals surface area contributed by atoms with Crippen molar-refractivity contribution in [3.8, 4) is 0 Å².